The number of aliphatic hydroxyl groups excluding tert-OH is 1. The van der Waals surface area contributed by atoms with Crippen LogP contribution in [0.1, 0.15) is 48.5 Å². The molecule has 1 heterocycles. The van der Waals surface area contributed by atoms with Crippen molar-refractivity contribution >= 4 is 60.0 Å². The Balaban J connectivity index is 1.74. The monoisotopic (exact) mass is 750 g/mol. The van der Waals surface area contributed by atoms with Gasteiger partial charge in [0.05, 0.1) is 22.2 Å². The van der Waals surface area contributed by atoms with Crippen LogP contribution in [-0.2, 0) is 13.6 Å². The predicted octanol–water partition coefficient (Wildman–Crippen LogP) is 6.42. The van der Waals surface area contributed by atoms with Gasteiger partial charge in [0, 0.05) is 0 Å². The van der Waals surface area contributed by atoms with Gasteiger partial charge in [-0.05, 0) is 37.7 Å². The number of rotatable bonds is 8. The average molecular weight is 751 g/mol. The largest absolute Gasteiger partial charge is 0.400 e. The Hall–Kier alpha value is -2.12. The molecule has 238 valence electrons. The van der Waals surface area contributed by atoms with E-state index in [1.807, 2.05) is 6.92 Å². The van der Waals surface area contributed by atoms with Crippen molar-refractivity contribution < 1.29 is 18.7 Å². The van der Waals surface area contributed by atoms with E-state index in [2.05, 4.69) is 185 Å². The van der Waals surface area contributed by atoms with Gasteiger partial charge >= 0.3 is 0 Å². The summed E-state index contributed by atoms with van der Waals surface area (Å²) in [6.45, 7) is 15.8. The smallest absolute Gasteiger partial charge is 0.261 e. The van der Waals surface area contributed by atoms with Crippen LogP contribution in [0, 0.1) is 0 Å². The summed E-state index contributed by atoms with van der Waals surface area (Å²) < 4.78 is 21.5. The van der Waals surface area contributed by atoms with Crippen LogP contribution >= 0.6 is 22.6 Å². The molecule has 7 heteroatoms. The first-order chi connectivity index (χ1) is 21.3. The lowest BCUT2D eigenvalue weighted by Crippen LogP contribution is -2.74. The fraction of sp³-hybridized carbons (Fsp3) is 0.368. The lowest BCUT2D eigenvalue weighted by atomic mass is 10.0. The van der Waals surface area contributed by atoms with Crippen LogP contribution in [0.5, 0.6) is 0 Å². The summed E-state index contributed by atoms with van der Waals surface area (Å²) in [6, 6.07) is 42.8. The van der Waals surface area contributed by atoms with Crippen molar-refractivity contribution in [2.24, 2.45) is 0 Å². The highest BCUT2D eigenvalue weighted by Crippen LogP contribution is 2.44. The zero-order valence-electron chi connectivity index (χ0n) is 27.5. The Bertz CT molecular complexity index is 1430. The summed E-state index contributed by atoms with van der Waals surface area (Å²) in [6.07, 6.45) is -2.28. The molecule has 5 rings (SSSR count). The highest BCUT2D eigenvalue weighted by atomic mass is 127. The van der Waals surface area contributed by atoms with Gasteiger partial charge < -0.3 is 18.7 Å². The minimum atomic E-state index is -3.00. The number of ether oxygens (including phenoxy) is 1. The molecule has 4 aromatic carbocycles. The van der Waals surface area contributed by atoms with Crippen LogP contribution in [-0.4, -0.2) is 50.3 Å². The van der Waals surface area contributed by atoms with Gasteiger partial charge in [0.25, 0.3) is 16.6 Å². The SMILES string of the molecule is C[C@@H]1O[C@H](O)[C@@H](I)[C@@H](O[Si](c2ccccc2)(c2ccccc2)C(C)(C)C)[C@@H]1O[Si](c1ccccc1)(c1ccccc1)C(C)(C)C. The minimum Gasteiger partial charge on any atom is -0.400 e. The van der Waals surface area contributed by atoms with E-state index in [9.17, 15) is 5.11 Å². The van der Waals surface area contributed by atoms with Crippen molar-refractivity contribution in [3.8, 4) is 0 Å². The first-order valence-corrected chi connectivity index (χ1v) is 20.9. The summed E-state index contributed by atoms with van der Waals surface area (Å²) in [4.78, 5) is 0. The molecule has 1 fully saturated rings. The molecule has 0 spiro atoms. The molecule has 1 saturated heterocycles. The molecule has 0 unspecified atom stereocenters. The Kier molecular flexibility index (Phi) is 10.3. The van der Waals surface area contributed by atoms with Crippen molar-refractivity contribution in [2.75, 3.05) is 0 Å². The van der Waals surface area contributed by atoms with Crippen molar-refractivity contribution in [3.63, 3.8) is 0 Å². The second-order valence-corrected chi connectivity index (χ2v) is 24.1. The summed E-state index contributed by atoms with van der Waals surface area (Å²) in [5, 5.41) is 15.7. The van der Waals surface area contributed by atoms with Crippen molar-refractivity contribution in [1.82, 2.24) is 0 Å². The van der Waals surface area contributed by atoms with E-state index < -0.39 is 41.2 Å². The average Bonchev–Trinajstić information content (AvgIpc) is 3.02. The van der Waals surface area contributed by atoms with E-state index in [0.717, 1.165) is 0 Å². The Labute approximate surface area is 285 Å². The standard InChI is InChI=1S/C38H47IO4Si2/c1-28-34(42-44(37(2,3)4,29-20-12-8-13-21-29)30-22-14-9-15-23-30)35(33(39)36(40)41-28)43-45(38(5,6)7,31-24-16-10-17-25-31)32-26-18-11-19-27-32/h8-28,33-36,40H,1-7H3/t28-,33-,34+,35+,36-/m0/s1. The Morgan fingerprint density at radius 1 is 0.556 bits per heavy atom. The highest BCUT2D eigenvalue weighted by Gasteiger charge is 2.59. The maximum Gasteiger partial charge on any atom is 0.261 e. The number of aliphatic hydroxyl groups is 1. The maximum absolute atomic E-state index is 11.3. The van der Waals surface area contributed by atoms with E-state index in [-0.39, 0.29) is 14.0 Å². The molecule has 0 aromatic heterocycles. The van der Waals surface area contributed by atoms with Crippen LogP contribution in [0.3, 0.4) is 0 Å². The molecule has 4 aromatic rings. The van der Waals surface area contributed by atoms with E-state index in [4.69, 9.17) is 13.6 Å². The van der Waals surface area contributed by atoms with Crippen molar-refractivity contribution in [2.45, 2.75) is 87.1 Å². The second kappa shape index (κ2) is 13.5. The maximum atomic E-state index is 11.3. The third-order valence-electron chi connectivity index (χ3n) is 9.19. The molecule has 4 nitrogen and oxygen atoms in total. The number of benzene rings is 4. The topological polar surface area (TPSA) is 47.9 Å². The van der Waals surface area contributed by atoms with Crippen molar-refractivity contribution in [3.05, 3.63) is 121 Å². The van der Waals surface area contributed by atoms with Gasteiger partial charge in [-0.15, -0.1) is 0 Å². The van der Waals surface area contributed by atoms with Crippen LogP contribution in [0.4, 0.5) is 0 Å². The van der Waals surface area contributed by atoms with E-state index >= 15 is 0 Å². The molecule has 1 aliphatic heterocycles. The zero-order valence-corrected chi connectivity index (χ0v) is 31.6. The van der Waals surface area contributed by atoms with Gasteiger partial charge in [0.15, 0.2) is 6.29 Å². The fourth-order valence-electron chi connectivity index (χ4n) is 7.07. The molecule has 1 N–H and O–H groups in total. The van der Waals surface area contributed by atoms with Gasteiger partial charge in [-0.25, -0.2) is 0 Å². The molecular formula is C38H47IO4Si2. The predicted molar refractivity (Wildman–Crippen MR) is 199 cm³/mol. The van der Waals surface area contributed by atoms with Gasteiger partial charge in [-0.2, -0.15) is 0 Å². The molecule has 0 amide bonds. The van der Waals surface area contributed by atoms with Gasteiger partial charge in [-0.3, -0.25) is 0 Å². The summed E-state index contributed by atoms with van der Waals surface area (Å²) in [5.41, 5.74) is 0. The summed E-state index contributed by atoms with van der Waals surface area (Å²) >= 11 is 2.34. The molecular weight excluding hydrogens is 703 g/mol. The molecule has 0 bridgehead atoms. The van der Waals surface area contributed by atoms with E-state index in [1.165, 1.54) is 20.7 Å². The van der Waals surface area contributed by atoms with Gasteiger partial charge in [0.1, 0.15) is 0 Å². The van der Waals surface area contributed by atoms with Crippen LogP contribution in [0.15, 0.2) is 121 Å². The third-order valence-corrected chi connectivity index (χ3v) is 20.6. The highest BCUT2D eigenvalue weighted by molar-refractivity contribution is 14.1. The summed E-state index contributed by atoms with van der Waals surface area (Å²) in [7, 11) is -5.98. The molecule has 0 aliphatic carbocycles. The van der Waals surface area contributed by atoms with Crippen LogP contribution < -0.4 is 20.7 Å². The Morgan fingerprint density at radius 2 is 0.844 bits per heavy atom. The third kappa shape index (κ3) is 6.42. The van der Waals surface area contributed by atoms with E-state index in [0.29, 0.717) is 0 Å². The second-order valence-electron chi connectivity index (χ2n) is 14.2. The van der Waals surface area contributed by atoms with E-state index in [1.54, 1.807) is 0 Å². The summed E-state index contributed by atoms with van der Waals surface area (Å²) in [5.74, 6) is 0. The fourth-order valence-corrected chi connectivity index (χ4v) is 17.5. The Morgan fingerprint density at radius 3 is 1.13 bits per heavy atom. The molecule has 0 saturated carbocycles. The normalized spacial score (nSPS) is 23.1. The van der Waals surface area contributed by atoms with Crippen LogP contribution in [0.2, 0.25) is 10.1 Å². The number of hydrogen-bond donors (Lipinski definition) is 1. The first-order valence-electron chi connectivity index (χ1n) is 15.9. The quantitative estimate of drug-likeness (QED) is 0.129. The number of alkyl halides is 1. The number of halogens is 1. The van der Waals surface area contributed by atoms with Crippen LogP contribution in [0.25, 0.3) is 0 Å². The van der Waals surface area contributed by atoms with Crippen molar-refractivity contribution in [1.29, 1.82) is 0 Å². The lowest BCUT2D eigenvalue weighted by molar-refractivity contribution is -0.211. The molecule has 45 heavy (non-hydrogen) atoms. The van der Waals surface area contributed by atoms with Gasteiger partial charge in [0.2, 0.25) is 0 Å². The molecule has 0 radical (unpaired) electrons. The van der Waals surface area contributed by atoms with Gasteiger partial charge in [-0.1, -0.05) is 185 Å². The lowest BCUT2D eigenvalue weighted by Gasteiger charge is -2.53. The number of hydrogen-bond acceptors (Lipinski definition) is 4. The first kappa shape index (κ1) is 34.2. The minimum absolute atomic E-state index is 0.228. The zero-order chi connectivity index (χ0) is 32.5. The molecule has 5 atom stereocenters. The molecule has 1 aliphatic rings.